The van der Waals surface area contributed by atoms with Crippen LogP contribution in [0.5, 0.6) is 0 Å². The van der Waals surface area contributed by atoms with Crippen LogP contribution in [0.3, 0.4) is 0 Å². The highest BCUT2D eigenvalue weighted by atomic mass is 79.9. The molecule has 0 aliphatic rings. The summed E-state index contributed by atoms with van der Waals surface area (Å²) >= 11 is 3.48. The van der Waals surface area contributed by atoms with Gasteiger partial charge in [0.2, 0.25) is 0 Å². The number of benzene rings is 2. The highest BCUT2D eigenvalue weighted by Crippen LogP contribution is 2.26. The van der Waals surface area contributed by atoms with E-state index >= 15 is 0 Å². The number of carbonyl (C=O) groups is 1. The highest BCUT2D eigenvalue weighted by molar-refractivity contribution is 9.10. The number of nitro benzene ring substituents is 1. The van der Waals surface area contributed by atoms with E-state index < -0.39 is 4.92 Å². The van der Waals surface area contributed by atoms with Gasteiger partial charge >= 0.3 is 0 Å². The third-order valence-corrected chi connectivity index (χ3v) is 3.90. The fraction of sp³-hybridized carbons (Fsp3) is 0.133. The number of anilines is 1. The van der Waals surface area contributed by atoms with Gasteiger partial charge in [-0.05, 0) is 17.7 Å². The Bertz CT molecular complexity index is 688. The van der Waals surface area contributed by atoms with Gasteiger partial charge in [-0.2, -0.15) is 0 Å². The number of halogens is 1. The predicted octanol–water partition coefficient (Wildman–Crippen LogP) is 3.81. The Morgan fingerprint density at radius 2 is 2.00 bits per heavy atom. The van der Waals surface area contributed by atoms with E-state index in [9.17, 15) is 14.9 Å². The van der Waals surface area contributed by atoms with Gasteiger partial charge in [0.05, 0.1) is 4.92 Å². The molecule has 0 fully saturated rings. The van der Waals surface area contributed by atoms with Crippen LogP contribution in [0.1, 0.15) is 15.9 Å². The number of hydrogen-bond acceptors (Lipinski definition) is 4. The number of nitrogens with zero attached hydrogens (tertiary/aromatic N) is 2. The van der Waals surface area contributed by atoms with Crippen molar-refractivity contribution in [2.45, 2.75) is 6.54 Å². The van der Waals surface area contributed by atoms with E-state index in [1.165, 1.54) is 12.1 Å². The molecular formula is C15H13BrN2O3. The molecule has 0 unspecified atom stereocenters. The van der Waals surface area contributed by atoms with Gasteiger partial charge in [0.15, 0.2) is 6.29 Å². The van der Waals surface area contributed by atoms with Crippen molar-refractivity contribution in [3.63, 3.8) is 0 Å². The lowest BCUT2D eigenvalue weighted by Crippen LogP contribution is -2.18. The van der Waals surface area contributed by atoms with E-state index in [-0.39, 0.29) is 5.69 Å². The van der Waals surface area contributed by atoms with E-state index in [0.29, 0.717) is 24.1 Å². The first-order chi connectivity index (χ1) is 10.0. The van der Waals surface area contributed by atoms with Crippen molar-refractivity contribution in [3.8, 4) is 0 Å². The number of nitro groups is 1. The Balaban J connectivity index is 2.31. The van der Waals surface area contributed by atoms with E-state index in [1.54, 1.807) is 6.07 Å². The molecule has 0 heterocycles. The molecule has 0 aromatic heterocycles. The topological polar surface area (TPSA) is 63.4 Å². The molecule has 0 amide bonds. The Hall–Kier alpha value is -2.21. The summed E-state index contributed by atoms with van der Waals surface area (Å²) in [5.74, 6) is 0. The summed E-state index contributed by atoms with van der Waals surface area (Å²) in [6.45, 7) is 0.583. The standard InChI is InChI=1S/C15H13BrN2O3/c1-17(9-11-4-2-3-5-14(11)16)15-7-6-13(18(20)21)8-12(15)10-19/h2-8,10H,9H2,1H3. The molecule has 0 spiro atoms. The minimum atomic E-state index is -0.509. The normalized spacial score (nSPS) is 10.2. The number of hydrogen-bond donors (Lipinski definition) is 0. The van der Waals surface area contributed by atoms with Crippen LogP contribution in [0.15, 0.2) is 46.9 Å². The zero-order valence-electron chi connectivity index (χ0n) is 11.3. The van der Waals surface area contributed by atoms with Gasteiger partial charge in [0.25, 0.3) is 5.69 Å². The van der Waals surface area contributed by atoms with E-state index in [0.717, 1.165) is 10.0 Å². The van der Waals surface area contributed by atoms with Crippen molar-refractivity contribution in [1.82, 2.24) is 0 Å². The number of aldehydes is 1. The average Bonchev–Trinajstić information content (AvgIpc) is 2.48. The SMILES string of the molecule is CN(Cc1ccccc1Br)c1ccc([N+](=O)[O-])cc1C=O. The van der Waals surface area contributed by atoms with Gasteiger partial charge in [-0.25, -0.2) is 0 Å². The first-order valence-electron chi connectivity index (χ1n) is 6.21. The summed E-state index contributed by atoms with van der Waals surface area (Å²) < 4.78 is 0.978. The second-order valence-corrected chi connectivity index (χ2v) is 5.42. The minimum Gasteiger partial charge on any atom is -0.370 e. The summed E-state index contributed by atoms with van der Waals surface area (Å²) in [6.07, 6.45) is 0.638. The lowest BCUT2D eigenvalue weighted by molar-refractivity contribution is -0.384. The Morgan fingerprint density at radius 3 is 2.62 bits per heavy atom. The van der Waals surface area contributed by atoms with Crippen LogP contribution < -0.4 is 4.90 Å². The molecule has 2 rings (SSSR count). The molecule has 6 heteroatoms. The van der Waals surface area contributed by atoms with Crippen molar-refractivity contribution in [2.24, 2.45) is 0 Å². The third-order valence-electron chi connectivity index (χ3n) is 3.13. The second-order valence-electron chi connectivity index (χ2n) is 4.57. The Morgan fingerprint density at radius 1 is 1.29 bits per heavy atom. The fourth-order valence-electron chi connectivity index (χ4n) is 2.06. The Labute approximate surface area is 130 Å². The van der Waals surface area contributed by atoms with E-state index in [4.69, 9.17) is 0 Å². The quantitative estimate of drug-likeness (QED) is 0.468. The van der Waals surface area contributed by atoms with E-state index in [1.807, 2.05) is 36.2 Å². The smallest absolute Gasteiger partial charge is 0.270 e. The molecule has 0 saturated carbocycles. The zero-order valence-corrected chi connectivity index (χ0v) is 12.9. The molecular weight excluding hydrogens is 336 g/mol. The molecule has 21 heavy (non-hydrogen) atoms. The molecule has 2 aromatic rings. The Kier molecular flexibility index (Phi) is 4.70. The van der Waals surface area contributed by atoms with Crippen LogP contribution in [0.4, 0.5) is 11.4 Å². The summed E-state index contributed by atoms with van der Waals surface area (Å²) in [6, 6.07) is 12.1. The van der Waals surface area contributed by atoms with E-state index in [2.05, 4.69) is 15.9 Å². The first-order valence-corrected chi connectivity index (χ1v) is 7.00. The van der Waals surface area contributed by atoms with Crippen molar-refractivity contribution < 1.29 is 9.72 Å². The second kappa shape index (κ2) is 6.49. The van der Waals surface area contributed by atoms with Crippen LogP contribution in [0.25, 0.3) is 0 Å². The van der Waals surface area contributed by atoms with Crippen molar-refractivity contribution in [2.75, 3.05) is 11.9 Å². The summed E-state index contributed by atoms with van der Waals surface area (Å²) in [5, 5.41) is 10.8. The monoisotopic (exact) mass is 348 g/mol. The molecule has 0 aliphatic heterocycles. The highest BCUT2D eigenvalue weighted by Gasteiger charge is 2.14. The summed E-state index contributed by atoms with van der Waals surface area (Å²) in [7, 11) is 1.84. The van der Waals surface area contributed by atoms with Crippen LogP contribution in [0.2, 0.25) is 0 Å². The summed E-state index contributed by atoms with van der Waals surface area (Å²) in [5.41, 5.74) is 1.94. The lowest BCUT2D eigenvalue weighted by atomic mass is 10.1. The third kappa shape index (κ3) is 3.46. The molecule has 0 radical (unpaired) electrons. The number of carbonyl (C=O) groups excluding carboxylic acids is 1. The maximum absolute atomic E-state index is 11.2. The minimum absolute atomic E-state index is 0.0878. The van der Waals surface area contributed by atoms with Crippen molar-refractivity contribution >= 4 is 33.6 Å². The molecule has 0 saturated heterocycles. The molecule has 0 bridgehead atoms. The van der Waals surface area contributed by atoms with Gasteiger partial charge in [0.1, 0.15) is 0 Å². The van der Waals surface area contributed by atoms with Gasteiger partial charge in [0, 0.05) is 41.4 Å². The predicted molar refractivity (Wildman–Crippen MR) is 84.7 cm³/mol. The number of rotatable bonds is 5. The molecule has 0 aliphatic carbocycles. The largest absolute Gasteiger partial charge is 0.370 e. The lowest BCUT2D eigenvalue weighted by Gasteiger charge is -2.21. The molecule has 0 N–H and O–H groups in total. The first kappa shape index (κ1) is 15.2. The molecule has 5 nitrogen and oxygen atoms in total. The van der Waals surface area contributed by atoms with Crippen molar-refractivity contribution in [3.05, 3.63) is 68.2 Å². The van der Waals surface area contributed by atoms with Crippen LogP contribution >= 0.6 is 15.9 Å². The molecule has 108 valence electrons. The summed E-state index contributed by atoms with van der Waals surface area (Å²) in [4.78, 5) is 23.3. The van der Waals surface area contributed by atoms with Gasteiger partial charge in [-0.1, -0.05) is 34.1 Å². The van der Waals surface area contributed by atoms with Crippen LogP contribution in [0, 0.1) is 10.1 Å². The van der Waals surface area contributed by atoms with Crippen LogP contribution in [-0.4, -0.2) is 18.3 Å². The average molecular weight is 349 g/mol. The van der Waals surface area contributed by atoms with Gasteiger partial charge < -0.3 is 4.90 Å². The van der Waals surface area contributed by atoms with Crippen LogP contribution in [-0.2, 0) is 6.54 Å². The zero-order chi connectivity index (χ0) is 15.4. The number of non-ortho nitro benzene ring substituents is 1. The maximum atomic E-state index is 11.2. The van der Waals surface area contributed by atoms with Gasteiger partial charge in [-0.15, -0.1) is 0 Å². The molecule has 0 atom stereocenters. The van der Waals surface area contributed by atoms with Crippen molar-refractivity contribution in [1.29, 1.82) is 0 Å². The maximum Gasteiger partial charge on any atom is 0.270 e. The van der Waals surface area contributed by atoms with Gasteiger partial charge in [-0.3, -0.25) is 14.9 Å². The molecule has 2 aromatic carbocycles. The fourth-order valence-corrected chi connectivity index (χ4v) is 2.47.